The van der Waals surface area contributed by atoms with Crippen molar-refractivity contribution in [2.45, 2.75) is 37.8 Å². The highest BCUT2D eigenvalue weighted by atomic mass is 16.5. The fourth-order valence-electron chi connectivity index (χ4n) is 4.84. The summed E-state index contributed by atoms with van der Waals surface area (Å²) in [6.45, 7) is 3.12. The number of hydrogen-bond acceptors (Lipinski definition) is 4. The van der Waals surface area contributed by atoms with Crippen molar-refractivity contribution >= 4 is 5.91 Å². The van der Waals surface area contributed by atoms with Gasteiger partial charge in [-0.2, -0.15) is 0 Å². The molecule has 2 aromatic rings. The van der Waals surface area contributed by atoms with Gasteiger partial charge in [0.2, 0.25) is 5.91 Å². The average molecular weight is 366 g/mol. The zero-order chi connectivity index (χ0) is 18.4. The molecule has 2 atom stereocenters. The molecule has 1 amide bonds. The molecular formula is C21H26N4O2. The largest absolute Gasteiger partial charge is 0.492 e. The fraction of sp³-hybridized carbons (Fsp3) is 0.524. The second-order valence-electron chi connectivity index (χ2n) is 8.15. The Kier molecular flexibility index (Phi) is 3.97. The van der Waals surface area contributed by atoms with E-state index in [2.05, 4.69) is 15.2 Å². The summed E-state index contributed by atoms with van der Waals surface area (Å²) in [6.07, 6.45) is 7.16. The lowest BCUT2D eigenvalue weighted by Crippen LogP contribution is -2.42. The fourth-order valence-corrected chi connectivity index (χ4v) is 4.84. The van der Waals surface area contributed by atoms with Gasteiger partial charge in [0.1, 0.15) is 24.1 Å². The minimum atomic E-state index is -0.208. The van der Waals surface area contributed by atoms with E-state index in [1.807, 2.05) is 42.1 Å². The summed E-state index contributed by atoms with van der Waals surface area (Å²) in [5, 5.41) is 3.45. The number of para-hydroxylation sites is 1. The zero-order valence-electron chi connectivity index (χ0n) is 15.7. The molecule has 2 fully saturated rings. The molecule has 2 aliphatic heterocycles. The van der Waals surface area contributed by atoms with Gasteiger partial charge >= 0.3 is 0 Å². The van der Waals surface area contributed by atoms with Gasteiger partial charge in [-0.15, -0.1) is 0 Å². The molecule has 3 aliphatic rings. The van der Waals surface area contributed by atoms with Gasteiger partial charge in [0.15, 0.2) is 0 Å². The summed E-state index contributed by atoms with van der Waals surface area (Å²) in [6, 6.07) is 8.25. The predicted molar refractivity (Wildman–Crippen MR) is 101 cm³/mol. The van der Waals surface area contributed by atoms with Crippen molar-refractivity contribution < 1.29 is 9.53 Å². The number of aromatic nitrogens is 2. The number of imidazole rings is 1. The number of amides is 1. The van der Waals surface area contributed by atoms with E-state index in [1.165, 1.54) is 0 Å². The van der Waals surface area contributed by atoms with Crippen molar-refractivity contribution in [3.63, 3.8) is 0 Å². The first-order valence-electron chi connectivity index (χ1n) is 9.87. The van der Waals surface area contributed by atoms with Crippen LogP contribution in [0.5, 0.6) is 5.75 Å². The van der Waals surface area contributed by atoms with Crippen molar-refractivity contribution in [1.82, 2.24) is 19.8 Å². The highest BCUT2D eigenvalue weighted by molar-refractivity contribution is 5.86. The van der Waals surface area contributed by atoms with Gasteiger partial charge < -0.3 is 19.5 Å². The zero-order valence-corrected chi connectivity index (χ0v) is 15.7. The van der Waals surface area contributed by atoms with Gasteiger partial charge in [0.05, 0.1) is 6.54 Å². The van der Waals surface area contributed by atoms with Crippen LogP contribution in [0, 0.1) is 5.41 Å². The van der Waals surface area contributed by atoms with E-state index >= 15 is 0 Å². The topological polar surface area (TPSA) is 59.4 Å². The molecule has 6 heteroatoms. The van der Waals surface area contributed by atoms with Crippen LogP contribution >= 0.6 is 0 Å². The number of ether oxygens (including phenoxy) is 1. The van der Waals surface area contributed by atoms with Crippen LogP contribution in [-0.2, 0) is 18.4 Å². The van der Waals surface area contributed by atoms with Gasteiger partial charge in [-0.1, -0.05) is 18.2 Å². The minimum absolute atomic E-state index is 0.184. The van der Waals surface area contributed by atoms with Gasteiger partial charge in [-0.3, -0.25) is 4.79 Å². The van der Waals surface area contributed by atoms with Gasteiger partial charge in [0, 0.05) is 31.0 Å². The Bertz CT molecular complexity index is 855. The van der Waals surface area contributed by atoms with Gasteiger partial charge in [-0.25, -0.2) is 4.98 Å². The highest BCUT2D eigenvalue weighted by Crippen LogP contribution is 2.56. The third-order valence-corrected chi connectivity index (χ3v) is 6.64. The van der Waals surface area contributed by atoms with E-state index in [0.717, 1.165) is 49.5 Å². The number of nitrogens with zero attached hydrogens (tertiary/aromatic N) is 3. The molecule has 6 nitrogen and oxygen atoms in total. The first kappa shape index (κ1) is 16.8. The molecule has 5 rings (SSSR count). The first-order chi connectivity index (χ1) is 13.2. The molecule has 27 heavy (non-hydrogen) atoms. The lowest BCUT2D eigenvalue weighted by molar-refractivity contribution is -0.135. The second-order valence-corrected chi connectivity index (χ2v) is 8.15. The molecule has 0 bridgehead atoms. The minimum Gasteiger partial charge on any atom is -0.492 e. The number of nitrogens with one attached hydrogen (secondary N) is 1. The smallest absolute Gasteiger partial charge is 0.234 e. The summed E-state index contributed by atoms with van der Waals surface area (Å²) in [5.74, 6) is 1.76. The Balaban J connectivity index is 1.43. The third kappa shape index (κ3) is 2.83. The Hall–Kier alpha value is -2.34. The van der Waals surface area contributed by atoms with Gasteiger partial charge in [0.25, 0.3) is 0 Å². The Morgan fingerprint density at radius 2 is 2.19 bits per heavy atom. The van der Waals surface area contributed by atoms with E-state index in [1.54, 1.807) is 6.20 Å². The van der Waals surface area contributed by atoms with Crippen molar-refractivity contribution in [3.8, 4) is 5.75 Å². The predicted octanol–water partition coefficient (Wildman–Crippen LogP) is 2.07. The maximum absolute atomic E-state index is 13.6. The van der Waals surface area contributed by atoms with E-state index in [-0.39, 0.29) is 11.8 Å². The van der Waals surface area contributed by atoms with Crippen LogP contribution < -0.4 is 10.1 Å². The number of carbonyl (C=O) groups excluding carboxylic acids is 1. The van der Waals surface area contributed by atoms with Crippen molar-refractivity contribution in [2.24, 2.45) is 12.5 Å². The first-order valence-corrected chi connectivity index (χ1v) is 9.87. The highest BCUT2D eigenvalue weighted by Gasteiger charge is 2.58. The van der Waals surface area contributed by atoms with Crippen LogP contribution in [0.4, 0.5) is 0 Å². The Labute approximate surface area is 159 Å². The second kappa shape index (κ2) is 6.37. The molecule has 0 radical (unpaired) electrons. The quantitative estimate of drug-likeness (QED) is 0.900. The molecule has 3 heterocycles. The molecule has 142 valence electrons. The van der Waals surface area contributed by atoms with Crippen molar-refractivity contribution in [1.29, 1.82) is 0 Å². The maximum atomic E-state index is 13.6. The molecule has 1 spiro atoms. The summed E-state index contributed by atoms with van der Waals surface area (Å²) in [4.78, 5) is 20.2. The van der Waals surface area contributed by atoms with Crippen LogP contribution in [-0.4, -0.2) is 46.1 Å². The average Bonchev–Trinajstić information content (AvgIpc) is 3.04. The number of piperidine rings is 1. The molecule has 1 aromatic heterocycles. The number of hydrogen-bond donors (Lipinski definition) is 1. The number of aryl methyl sites for hydroxylation is 1. The number of benzene rings is 1. The molecule has 1 aliphatic carbocycles. The van der Waals surface area contributed by atoms with E-state index < -0.39 is 0 Å². The standard InChI is InChI=1S/C21H26N4O2/c1-24-11-10-23-19(24)13-25(18-12-21(18)6-8-22-9-7-21)20(26)16-14-27-17-5-3-2-4-15(16)17/h2-5,10-11,16,18,22H,6-9,12-14H2,1H3. The molecule has 1 aromatic carbocycles. The SMILES string of the molecule is Cn1ccnc1CN(C(=O)C1COc2ccccc21)C1CC12CCNCC2. The van der Waals surface area contributed by atoms with Gasteiger partial charge in [-0.05, 0) is 43.8 Å². The number of rotatable bonds is 4. The van der Waals surface area contributed by atoms with Crippen LogP contribution in [0.3, 0.4) is 0 Å². The maximum Gasteiger partial charge on any atom is 0.234 e. The van der Waals surface area contributed by atoms with Crippen LogP contribution in [0.15, 0.2) is 36.7 Å². The van der Waals surface area contributed by atoms with Crippen LogP contribution in [0.1, 0.15) is 36.6 Å². The van der Waals surface area contributed by atoms with Crippen LogP contribution in [0.25, 0.3) is 0 Å². The Morgan fingerprint density at radius 1 is 1.37 bits per heavy atom. The summed E-state index contributed by atoms with van der Waals surface area (Å²) >= 11 is 0. The normalized spacial score (nSPS) is 25.1. The molecule has 1 saturated heterocycles. The van der Waals surface area contributed by atoms with Crippen molar-refractivity contribution in [2.75, 3.05) is 19.7 Å². The lowest BCUT2D eigenvalue weighted by Gasteiger charge is -2.31. The molecule has 2 unspecified atom stereocenters. The molecule has 1 N–H and O–H groups in total. The lowest BCUT2D eigenvalue weighted by atomic mass is 9.93. The third-order valence-electron chi connectivity index (χ3n) is 6.64. The van der Waals surface area contributed by atoms with Crippen LogP contribution in [0.2, 0.25) is 0 Å². The summed E-state index contributed by atoms with van der Waals surface area (Å²) < 4.78 is 7.81. The monoisotopic (exact) mass is 366 g/mol. The van der Waals surface area contributed by atoms with Crippen molar-refractivity contribution in [3.05, 3.63) is 48.0 Å². The Morgan fingerprint density at radius 3 is 2.96 bits per heavy atom. The van der Waals surface area contributed by atoms with E-state index in [9.17, 15) is 4.79 Å². The summed E-state index contributed by atoms with van der Waals surface area (Å²) in [5.41, 5.74) is 1.32. The molecular weight excluding hydrogens is 340 g/mol. The number of fused-ring (bicyclic) bond motifs is 1. The van der Waals surface area contributed by atoms with E-state index in [0.29, 0.717) is 24.6 Å². The van der Waals surface area contributed by atoms with E-state index in [4.69, 9.17) is 4.74 Å². The number of carbonyl (C=O) groups is 1. The molecule has 1 saturated carbocycles. The summed E-state index contributed by atoms with van der Waals surface area (Å²) in [7, 11) is 1.99.